The Morgan fingerprint density at radius 3 is 2.42 bits per heavy atom. The third-order valence-electron chi connectivity index (χ3n) is 5.34. The second-order valence-corrected chi connectivity index (χ2v) is 7.77. The van der Waals surface area contributed by atoms with Crippen LogP contribution in [0, 0.1) is 6.92 Å². The van der Waals surface area contributed by atoms with Crippen molar-refractivity contribution >= 4 is 28.4 Å². The fraction of sp³-hybridized carbons (Fsp3) is 0.154. The number of hydrogen-bond donors (Lipinski definition) is 1. The molecule has 1 aromatic heterocycles. The molecule has 1 amide bonds. The lowest BCUT2D eigenvalue weighted by Crippen LogP contribution is -2.27. The number of amides is 1. The number of nitrogens with zero attached hydrogens (tertiary/aromatic N) is 1. The van der Waals surface area contributed by atoms with Gasteiger partial charge >= 0.3 is 0 Å². The average Bonchev–Trinajstić information content (AvgIpc) is 2.79. The molecule has 0 aliphatic carbocycles. The number of hydrogen-bond acceptors (Lipinski definition) is 3. The van der Waals surface area contributed by atoms with Gasteiger partial charge in [-0.3, -0.25) is 4.79 Å². The molecule has 0 atom stereocenters. The number of carbonyl (C=O) groups excluding carboxylic acids is 1. The number of nitrogens with one attached hydrogen (secondary N) is 1. The lowest BCUT2D eigenvalue weighted by molar-refractivity contribution is 0.0955. The van der Waals surface area contributed by atoms with Gasteiger partial charge in [0.05, 0.1) is 23.9 Å². The zero-order valence-corrected chi connectivity index (χ0v) is 18.2. The van der Waals surface area contributed by atoms with E-state index in [1.807, 2.05) is 79.7 Å². The maximum atomic E-state index is 13.2. The first-order valence-corrected chi connectivity index (χ1v) is 10.5. The molecule has 0 bridgehead atoms. The lowest BCUT2D eigenvalue weighted by Gasteiger charge is -2.15. The molecule has 31 heavy (non-hydrogen) atoms. The molecule has 0 saturated carbocycles. The van der Waals surface area contributed by atoms with Crippen LogP contribution in [0.5, 0.6) is 5.75 Å². The standard InChI is InChI=1S/C26H23ClN2O2/c1-17-24(26(30)28-16-15-18-7-13-21(31-2)14-8-18)22-5-3-4-6-23(22)29-25(17)19-9-11-20(27)12-10-19/h3-14H,15-16H2,1-2H3,(H,28,30). The summed E-state index contributed by atoms with van der Waals surface area (Å²) in [6.45, 7) is 2.49. The summed E-state index contributed by atoms with van der Waals surface area (Å²) in [5, 5.41) is 4.59. The zero-order valence-electron chi connectivity index (χ0n) is 17.5. The van der Waals surface area contributed by atoms with E-state index in [0.717, 1.165) is 45.5 Å². The predicted octanol–water partition coefficient (Wildman–Crippen LogP) is 5.84. The molecule has 4 nitrogen and oxygen atoms in total. The monoisotopic (exact) mass is 430 g/mol. The number of aromatic nitrogens is 1. The first-order valence-electron chi connectivity index (χ1n) is 10.1. The minimum atomic E-state index is -0.0974. The molecule has 3 aromatic carbocycles. The smallest absolute Gasteiger partial charge is 0.252 e. The van der Waals surface area contributed by atoms with Crippen LogP contribution in [0.2, 0.25) is 5.02 Å². The van der Waals surface area contributed by atoms with Crippen LogP contribution in [-0.2, 0) is 6.42 Å². The summed E-state index contributed by atoms with van der Waals surface area (Å²) in [6.07, 6.45) is 0.738. The van der Waals surface area contributed by atoms with Crippen LogP contribution in [0.1, 0.15) is 21.5 Å². The molecular formula is C26H23ClN2O2. The van der Waals surface area contributed by atoms with Crippen molar-refractivity contribution < 1.29 is 9.53 Å². The molecule has 1 heterocycles. The molecule has 0 saturated heterocycles. The third kappa shape index (κ3) is 4.54. The Kier molecular flexibility index (Phi) is 6.19. The lowest BCUT2D eigenvalue weighted by atomic mass is 9.97. The van der Waals surface area contributed by atoms with Crippen LogP contribution < -0.4 is 10.1 Å². The molecule has 0 fully saturated rings. The Bertz CT molecular complexity index is 1220. The number of halogens is 1. The van der Waals surface area contributed by atoms with E-state index >= 15 is 0 Å². The van der Waals surface area contributed by atoms with E-state index in [-0.39, 0.29) is 5.91 Å². The van der Waals surface area contributed by atoms with Crippen molar-refractivity contribution in [1.29, 1.82) is 0 Å². The summed E-state index contributed by atoms with van der Waals surface area (Å²) in [5.74, 6) is 0.723. The Hall–Kier alpha value is -3.37. The molecule has 4 rings (SSSR count). The molecule has 0 aliphatic heterocycles. The fourth-order valence-electron chi connectivity index (χ4n) is 3.69. The maximum Gasteiger partial charge on any atom is 0.252 e. The van der Waals surface area contributed by atoms with E-state index < -0.39 is 0 Å². The number of fused-ring (bicyclic) bond motifs is 1. The maximum absolute atomic E-state index is 13.2. The molecule has 1 N–H and O–H groups in total. The molecule has 156 valence electrons. The van der Waals surface area contributed by atoms with Crippen molar-refractivity contribution in [3.63, 3.8) is 0 Å². The zero-order chi connectivity index (χ0) is 21.8. The van der Waals surface area contributed by atoms with Gasteiger partial charge in [0.1, 0.15) is 5.75 Å². The minimum absolute atomic E-state index is 0.0974. The van der Waals surface area contributed by atoms with E-state index in [9.17, 15) is 4.79 Å². The van der Waals surface area contributed by atoms with Crippen molar-refractivity contribution in [2.75, 3.05) is 13.7 Å². The topological polar surface area (TPSA) is 51.2 Å². The molecule has 0 unspecified atom stereocenters. The number of ether oxygens (including phenoxy) is 1. The highest BCUT2D eigenvalue weighted by Crippen LogP contribution is 2.30. The van der Waals surface area contributed by atoms with Crippen molar-refractivity contribution in [2.45, 2.75) is 13.3 Å². The van der Waals surface area contributed by atoms with Crippen LogP contribution in [0.4, 0.5) is 0 Å². The summed E-state index contributed by atoms with van der Waals surface area (Å²) in [6, 6.07) is 23.1. The highest BCUT2D eigenvalue weighted by Gasteiger charge is 2.18. The minimum Gasteiger partial charge on any atom is -0.497 e. The third-order valence-corrected chi connectivity index (χ3v) is 5.59. The fourth-order valence-corrected chi connectivity index (χ4v) is 3.82. The van der Waals surface area contributed by atoms with Crippen molar-refractivity contribution in [3.8, 4) is 17.0 Å². The van der Waals surface area contributed by atoms with Gasteiger partial charge in [-0.25, -0.2) is 4.98 Å². The summed E-state index contributed by atoms with van der Waals surface area (Å²) in [4.78, 5) is 18.1. The van der Waals surface area contributed by atoms with Gasteiger partial charge in [0.25, 0.3) is 5.91 Å². The van der Waals surface area contributed by atoms with E-state index in [2.05, 4.69) is 5.32 Å². The highest BCUT2D eigenvalue weighted by atomic mass is 35.5. The van der Waals surface area contributed by atoms with Crippen LogP contribution in [0.3, 0.4) is 0 Å². The number of pyridine rings is 1. The SMILES string of the molecule is COc1ccc(CCNC(=O)c2c(C)c(-c3ccc(Cl)cc3)nc3ccccc23)cc1. The van der Waals surface area contributed by atoms with Crippen LogP contribution in [0.25, 0.3) is 22.2 Å². The predicted molar refractivity (Wildman–Crippen MR) is 126 cm³/mol. The molecular weight excluding hydrogens is 408 g/mol. The van der Waals surface area contributed by atoms with Gasteiger partial charge < -0.3 is 10.1 Å². The Morgan fingerprint density at radius 1 is 1.00 bits per heavy atom. The van der Waals surface area contributed by atoms with Crippen molar-refractivity contribution in [2.24, 2.45) is 0 Å². The van der Waals surface area contributed by atoms with Crippen molar-refractivity contribution in [3.05, 3.63) is 94.5 Å². The van der Waals surface area contributed by atoms with Crippen LogP contribution in [-0.4, -0.2) is 24.5 Å². The summed E-state index contributed by atoms with van der Waals surface area (Å²) in [5.41, 5.74) is 5.15. The van der Waals surface area contributed by atoms with E-state index in [1.54, 1.807) is 7.11 Å². The van der Waals surface area contributed by atoms with Gasteiger partial charge in [0.2, 0.25) is 0 Å². The Labute approximate surface area is 186 Å². The summed E-state index contributed by atoms with van der Waals surface area (Å²) in [7, 11) is 1.65. The normalized spacial score (nSPS) is 10.8. The second-order valence-electron chi connectivity index (χ2n) is 7.34. The Morgan fingerprint density at radius 2 is 1.71 bits per heavy atom. The number of carbonyl (C=O) groups is 1. The van der Waals surface area contributed by atoms with Gasteiger partial charge in [-0.1, -0.05) is 54.1 Å². The van der Waals surface area contributed by atoms with Gasteiger partial charge in [-0.2, -0.15) is 0 Å². The van der Waals surface area contributed by atoms with Gasteiger partial charge in [-0.15, -0.1) is 0 Å². The Balaban J connectivity index is 1.62. The van der Waals surface area contributed by atoms with E-state index in [1.165, 1.54) is 0 Å². The molecule has 0 radical (unpaired) electrons. The van der Waals surface area contributed by atoms with Crippen LogP contribution >= 0.6 is 11.6 Å². The molecule has 5 heteroatoms. The molecule has 0 spiro atoms. The highest BCUT2D eigenvalue weighted by molar-refractivity contribution is 6.30. The van der Waals surface area contributed by atoms with Gasteiger partial charge in [0, 0.05) is 22.5 Å². The molecule has 0 aliphatic rings. The average molecular weight is 431 g/mol. The van der Waals surface area contributed by atoms with E-state index in [0.29, 0.717) is 17.1 Å². The van der Waals surface area contributed by atoms with Crippen LogP contribution in [0.15, 0.2) is 72.8 Å². The first kappa shape index (κ1) is 20.9. The number of rotatable bonds is 6. The first-order chi connectivity index (χ1) is 15.1. The quantitative estimate of drug-likeness (QED) is 0.417. The van der Waals surface area contributed by atoms with E-state index in [4.69, 9.17) is 21.3 Å². The summed E-state index contributed by atoms with van der Waals surface area (Å²) < 4.78 is 5.19. The summed E-state index contributed by atoms with van der Waals surface area (Å²) >= 11 is 6.05. The van der Waals surface area contributed by atoms with Crippen molar-refractivity contribution in [1.82, 2.24) is 10.3 Å². The molecule has 4 aromatic rings. The number of para-hydroxylation sites is 1. The number of benzene rings is 3. The van der Waals surface area contributed by atoms with Gasteiger partial charge in [-0.05, 0) is 54.8 Å². The number of methoxy groups -OCH3 is 1. The second kappa shape index (κ2) is 9.19. The largest absolute Gasteiger partial charge is 0.497 e. The van der Waals surface area contributed by atoms with Gasteiger partial charge in [0.15, 0.2) is 0 Å².